The van der Waals surface area contributed by atoms with Crippen LogP contribution in [0.5, 0.6) is 0 Å². The van der Waals surface area contributed by atoms with E-state index >= 15 is 0 Å². The maximum Gasteiger partial charge on any atom is 0.301 e. The summed E-state index contributed by atoms with van der Waals surface area (Å²) in [6.07, 6.45) is -0.0417. The molecule has 0 unspecified atom stereocenters. The minimum absolute atomic E-state index is 0. The fraction of sp³-hybridized carbons (Fsp3) is 0.500. The first-order valence-electron chi connectivity index (χ1n) is 1.77. The van der Waals surface area contributed by atoms with Crippen molar-refractivity contribution in [1.82, 2.24) is 0 Å². The molecule has 0 aliphatic carbocycles. The van der Waals surface area contributed by atoms with Crippen LogP contribution in [0.15, 0.2) is 0 Å². The summed E-state index contributed by atoms with van der Waals surface area (Å²) >= 11 is 1.33. The van der Waals surface area contributed by atoms with Gasteiger partial charge in [-0.25, -0.2) is 0 Å². The van der Waals surface area contributed by atoms with Crippen LogP contribution in [0.3, 0.4) is 0 Å². The molecule has 0 fully saturated rings. The summed E-state index contributed by atoms with van der Waals surface area (Å²) in [7, 11) is 4.67. The third-order valence-electron chi connectivity index (χ3n) is 0.339. The molecule has 0 saturated heterocycles. The first-order chi connectivity index (χ1) is 3.77. The number of hydrogen-bond donors (Lipinski definition) is 1. The van der Waals surface area contributed by atoms with Crippen LogP contribution in [0.4, 0.5) is 0 Å². The third kappa shape index (κ3) is 30.0. The van der Waals surface area contributed by atoms with Gasteiger partial charge in [-0.2, -0.15) is 0 Å². The van der Waals surface area contributed by atoms with Crippen molar-refractivity contribution >= 4 is 15.6 Å². The maximum absolute atomic E-state index is 9.48. The first kappa shape index (κ1) is 16.2. The van der Waals surface area contributed by atoms with Crippen molar-refractivity contribution in [1.29, 1.82) is 0 Å². The first-order valence-corrected chi connectivity index (χ1v) is 4.92. The van der Waals surface area contributed by atoms with E-state index < -0.39 is 5.97 Å². The van der Waals surface area contributed by atoms with Gasteiger partial charge in [0.1, 0.15) is 0 Å². The van der Waals surface area contributed by atoms with Gasteiger partial charge in [-0.1, -0.05) is 0 Å². The van der Waals surface area contributed by atoms with Crippen molar-refractivity contribution in [2.75, 3.05) is 6.54 Å². The average molecular weight is 329 g/mol. The zero-order valence-corrected chi connectivity index (χ0v) is 8.30. The van der Waals surface area contributed by atoms with E-state index in [0.717, 1.165) is 0 Å². The quantitative estimate of drug-likeness (QED) is 0.784. The van der Waals surface area contributed by atoms with Crippen molar-refractivity contribution in [3.05, 3.63) is 13.2 Å². The Morgan fingerprint density at radius 3 is 2.00 bits per heavy atom. The molecule has 0 amide bonds. The molecular weight excluding hydrogens is 320 g/mol. The smallest absolute Gasteiger partial charge is 0.301 e. The van der Waals surface area contributed by atoms with Crippen molar-refractivity contribution < 1.29 is 27.5 Å². The van der Waals surface area contributed by atoms with Crippen LogP contribution >= 0.6 is 9.64 Å². The van der Waals surface area contributed by atoms with Gasteiger partial charge in [0.25, 0.3) is 0 Å². The minimum Gasteiger partial charge on any atom is -0.677 e. The molecule has 5 heteroatoms. The number of carboxylic acids is 1. The molecule has 9 heavy (non-hydrogen) atoms. The molecule has 0 aromatic carbocycles. The van der Waals surface area contributed by atoms with Crippen LogP contribution < -0.4 is 0 Å². The fourth-order valence-corrected chi connectivity index (χ4v) is 0.107. The summed E-state index contributed by atoms with van der Waals surface area (Å²) < 4.78 is 0. The van der Waals surface area contributed by atoms with Crippen molar-refractivity contribution in [3.8, 4) is 0 Å². The van der Waals surface area contributed by atoms with Gasteiger partial charge >= 0.3 is 33.2 Å². The van der Waals surface area contributed by atoms with Gasteiger partial charge in [-0.3, -0.25) is 4.79 Å². The van der Waals surface area contributed by atoms with Crippen LogP contribution in [0.25, 0.3) is 5.73 Å². The maximum atomic E-state index is 9.48. The van der Waals surface area contributed by atoms with Crippen molar-refractivity contribution in [2.45, 2.75) is 6.42 Å². The number of rotatable bonds is 2. The third-order valence-corrected chi connectivity index (χ3v) is 0.339. The molecule has 0 rings (SSSR count). The molecular formula is C4H9ClNO2Os-2. The Bertz CT molecular complexity index is 62.5. The Balaban J connectivity index is -0.000000109. The van der Waals surface area contributed by atoms with Crippen LogP contribution in [0.2, 0.25) is 0 Å². The number of carbonyl (C=O) groups is 1. The Morgan fingerprint density at radius 2 is 2.00 bits per heavy atom. The predicted molar refractivity (Wildman–Crippen MR) is 33.7 cm³/mol. The van der Waals surface area contributed by atoms with Gasteiger partial charge in [0.05, 0.1) is 0 Å². The second-order valence-electron chi connectivity index (χ2n) is 0.894. The Hall–Kier alpha value is 0.356. The molecule has 0 spiro atoms. The summed E-state index contributed by atoms with van der Waals surface area (Å²) in [5, 5.41) is 7.79. The second kappa shape index (κ2) is 15.8. The average Bonchev–Trinajstić information content (AvgIpc) is 1.72. The van der Waals surface area contributed by atoms with Gasteiger partial charge in [0, 0.05) is 6.42 Å². The van der Waals surface area contributed by atoms with Crippen LogP contribution in [-0.4, -0.2) is 17.6 Å². The molecule has 3 nitrogen and oxygen atoms in total. The van der Waals surface area contributed by atoms with E-state index in [2.05, 4.69) is 9.64 Å². The molecule has 0 aromatic rings. The van der Waals surface area contributed by atoms with E-state index in [9.17, 15) is 4.79 Å². The molecule has 0 aliphatic heterocycles. The van der Waals surface area contributed by atoms with Crippen molar-refractivity contribution in [2.24, 2.45) is 0 Å². The number of carboxylic acid groups (broad SMARTS) is 1. The van der Waals surface area contributed by atoms with Crippen LogP contribution in [-0.2, 0) is 22.4 Å². The fourth-order valence-electron chi connectivity index (χ4n) is 0.107. The van der Waals surface area contributed by atoms with Crippen molar-refractivity contribution in [3.63, 3.8) is 0 Å². The van der Waals surface area contributed by atoms with Crippen LogP contribution in [0.1, 0.15) is 6.42 Å². The number of hydrogen-bond acceptors (Lipinski definition) is 1. The number of aliphatic carboxylic acids is 1. The zero-order chi connectivity index (χ0) is 6.99. The molecule has 0 heterocycles. The summed E-state index contributed by atoms with van der Waals surface area (Å²) in [5.41, 5.74) is 6.35. The Morgan fingerprint density at radius 1 is 1.67 bits per heavy atom. The summed E-state index contributed by atoms with van der Waals surface area (Å²) in [5.74, 6) is -0.898. The van der Waals surface area contributed by atoms with Gasteiger partial charge in [0.15, 0.2) is 0 Å². The van der Waals surface area contributed by atoms with E-state index in [4.69, 9.17) is 10.8 Å². The molecule has 0 bridgehead atoms. The zero-order valence-electron chi connectivity index (χ0n) is 5.00. The molecule has 0 saturated carbocycles. The summed E-state index contributed by atoms with van der Waals surface area (Å²) in [4.78, 5) is 9.48. The molecule has 0 radical (unpaired) electrons. The predicted octanol–water partition coefficient (Wildman–Crippen LogP) is 1.65. The van der Waals surface area contributed by atoms with E-state index in [-0.39, 0.29) is 20.4 Å². The van der Waals surface area contributed by atoms with Gasteiger partial charge in [0.2, 0.25) is 0 Å². The summed E-state index contributed by atoms with van der Waals surface area (Å²) in [6.45, 7) is -0.0185. The standard InChI is InChI=1S/C3H6NO2.CH3.ClH.Os/c4-2-1-3(5)6;;;/h4H,1-2H2,(H,5,6);1H3;1H;/q2*-1;;+1/p-1. The minimum atomic E-state index is -0.898. The summed E-state index contributed by atoms with van der Waals surface area (Å²) in [6, 6.07) is 0. The van der Waals surface area contributed by atoms with E-state index in [1.54, 1.807) is 0 Å². The molecule has 0 aliphatic rings. The normalized spacial score (nSPS) is 6.11. The molecule has 2 N–H and O–H groups in total. The molecule has 0 aromatic heterocycles. The second-order valence-corrected chi connectivity index (χ2v) is 0.894. The Kier molecular flexibility index (Phi) is 28.3. The monoisotopic (exact) mass is 330 g/mol. The van der Waals surface area contributed by atoms with E-state index in [0.29, 0.717) is 0 Å². The largest absolute Gasteiger partial charge is 0.677 e. The van der Waals surface area contributed by atoms with E-state index in [1.807, 2.05) is 0 Å². The SMILES string of the molecule is [CH3-].[Cl][Os].[NH-]CCC(=O)O. The Labute approximate surface area is 69.5 Å². The van der Waals surface area contributed by atoms with Gasteiger partial charge in [-0.05, 0) is 0 Å². The molecule has 59 valence electrons. The topological polar surface area (TPSA) is 61.1 Å². The number of halogens is 1. The van der Waals surface area contributed by atoms with Gasteiger partial charge in [-0.15, -0.1) is 6.54 Å². The number of nitrogens with one attached hydrogen (secondary N) is 1. The molecule has 0 atom stereocenters. The van der Waals surface area contributed by atoms with Gasteiger partial charge < -0.3 is 18.3 Å². The van der Waals surface area contributed by atoms with E-state index in [1.165, 1.54) is 17.6 Å². The van der Waals surface area contributed by atoms with Crippen LogP contribution in [0, 0.1) is 7.43 Å².